The van der Waals surface area contributed by atoms with Crippen molar-refractivity contribution in [3.05, 3.63) is 101 Å². The second-order valence-corrected chi connectivity index (χ2v) is 11.2. The molecule has 3 atom stereocenters. The maximum absolute atomic E-state index is 14.6. The van der Waals surface area contributed by atoms with Crippen LogP contribution < -0.4 is 4.74 Å². The van der Waals surface area contributed by atoms with Gasteiger partial charge in [-0.15, -0.1) is 24.9 Å². The fourth-order valence-corrected chi connectivity index (χ4v) is 8.67. The molecule has 0 aromatic heterocycles. The summed E-state index contributed by atoms with van der Waals surface area (Å²) in [6.07, 6.45) is -4.65. The van der Waals surface area contributed by atoms with Crippen molar-refractivity contribution >= 4 is 29.1 Å². The van der Waals surface area contributed by atoms with E-state index in [-0.39, 0.29) is 35.6 Å². The van der Waals surface area contributed by atoms with Crippen LogP contribution in [0.2, 0.25) is 0 Å². The van der Waals surface area contributed by atoms with E-state index in [2.05, 4.69) is 4.74 Å². The average molecular weight is 536 g/mol. The summed E-state index contributed by atoms with van der Waals surface area (Å²) in [6.45, 7) is 0. The Bertz CT molecular complexity index is 1500. The Morgan fingerprint density at radius 2 is 1.42 bits per heavy atom. The van der Waals surface area contributed by atoms with E-state index < -0.39 is 23.2 Å². The van der Waals surface area contributed by atoms with E-state index in [0.717, 1.165) is 5.56 Å². The van der Waals surface area contributed by atoms with E-state index in [1.165, 1.54) is 24.3 Å². The quantitative estimate of drug-likeness (QED) is 0.415. The summed E-state index contributed by atoms with van der Waals surface area (Å²) in [5.41, 5.74) is -0.693. The number of halogens is 3. The molecule has 0 amide bonds. The van der Waals surface area contributed by atoms with E-state index in [0.29, 0.717) is 33.9 Å². The number of Topliss-reactive ketones (excluding diaryl/α,β-unsaturated/α-hetero) is 3. The van der Waals surface area contributed by atoms with Gasteiger partial charge in [-0.3, -0.25) is 19.3 Å². The summed E-state index contributed by atoms with van der Waals surface area (Å²) in [5.74, 6) is -0.996. The number of carbonyl (C=O) groups is 3. The number of nitrogens with zero attached hydrogens (tertiary/aromatic N) is 1. The highest BCUT2D eigenvalue weighted by atomic mass is 32.2. The van der Waals surface area contributed by atoms with Gasteiger partial charge in [0.15, 0.2) is 22.9 Å². The minimum Gasteiger partial charge on any atom is -0.406 e. The number of fused-ring (bicyclic) bond motifs is 5. The lowest BCUT2D eigenvalue weighted by Gasteiger charge is -2.43. The lowest BCUT2D eigenvalue weighted by molar-refractivity contribution is -0.274. The van der Waals surface area contributed by atoms with Crippen molar-refractivity contribution < 1.29 is 32.3 Å². The highest BCUT2D eigenvalue weighted by Crippen LogP contribution is 2.67. The fourth-order valence-electron chi connectivity index (χ4n) is 7.37. The molecule has 0 bridgehead atoms. The average Bonchev–Trinajstić information content (AvgIpc) is 3.59. The van der Waals surface area contributed by atoms with Gasteiger partial charge in [0.2, 0.25) is 0 Å². The van der Waals surface area contributed by atoms with Crippen LogP contribution in [0.4, 0.5) is 13.2 Å². The number of rotatable bonds is 2. The molecule has 9 heteroatoms. The van der Waals surface area contributed by atoms with Crippen molar-refractivity contribution in [3.8, 4) is 5.75 Å². The van der Waals surface area contributed by atoms with Crippen LogP contribution in [0.3, 0.4) is 0 Å². The number of hydrogen-bond donors (Lipinski definition) is 0. The summed E-state index contributed by atoms with van der Waals surface area (Å²) in [4.78, 5) is 45.4. The molecule has 4 aliphatic rings. The number of carbonyl (C=O) groups excluding carboxylic acids is 3. The zero-order chi connectivity index (χ0) is 26.4. The van der Waals surface area contributed by atoms with Crippen molar-refractivity contribution in [2.24, 2.45) is 5.41 Å². The highest BCUT2D eigenvalue weighted by molar-refractivity contribution is 7.99. The molecule has 38 heavy (non-hydrogen) atoms. The molecule has 0 radical (unpaired) electrons. The van der Waals surface area contributed by atoms with Gasteiger partial charge < -0.3 is 4.74 Å². The smallest absolute Gasteiger partial charge is 0.406 e. The summed E-state index contributed by atoms with van der Waals surface area (Å²) < 4.78 is 42.6. The van der Waals surface area contributed by atoms with Crippen LogP contribution in [-0.2, 0) is 6.42 Å². The molecule has 2 aliphatic carbocycles. The minimum absolute atomic E-state index is 0.191. The van der Waals surface area contributed by atoms with Crippen LogP contribution >= 0.6 is 11.8 Å². The molecule has 2 saturated heterocycles. The van der Waals surface area contributed by atoms with E-state index in [1.54, 1.807) is 48.2 Å². The zero-order valence-electron chi connectivity index (χ0n) is 19.8. The normalized spacial score (nSPS) is 27.3. The molecule has 3 aromatic carbocycles. The maximum Gasteiger partial charge on any atom is 0.573 e. The van der Waals surface area contributed by atoms with Gasteiger partial charge in [-0.2, -0.15) is 0 Å². The Morgan fingerprint density at radius 3 is 2.03 bits per heavy atom. The largest absolute Gasteiger partial charge is 0.573 e. The van der Waals surface area contributed by atoms with Crippen LogP contribution in [0.5, 0.6) is 5.75 Å². The Labute approximate surface area is 220 Å². The standard InChI is InChI=1S/C29H20F3NO4S/c30-29(31,32)37-18-11-9-16(10-12-18)23-22-14-38-15-33(22)28(25(35)20-7-3-4-8-21(20)26(28)36)27(23)13-17-5-1-2-6-19(17)24(27)34/h1-12,22-23H,13-15H2. The SMILES string of the molecule is O=C1c2ccccc2CC12C(c1ccc(OC(F)(F)F)cc1)C1CSCN1C21C(=O)c2ccccc2C1=O. The van der Waals surface area contributed by atoms with Gasteiger partial charge in [-0.05, 0) is 29.7 Å². The lowest BCUT2D eigenvalue weighted by atomic mass is 9.58. The molecular formula is C29H20F3NO4S. The lowest BCUT2D eigenvalue weighted by Crippen LogP contribution is -2.64. The first-order valence-electron chi connectivity index (χ1n) is 12.2. The molecule has 5 nitrogen and oxygen atoms in total. The van der Waals surface area contributed by atoms with Crippen molar-refractivity contribution in [1.82, 2.24) is 4.90 Å². The summed E-state index contributed by atoms with van der Waals surface area (Å²) >= 11 is 1.58. The molecule has 2 aliphatic heterocycles. The Morgan fingerprint density at radius 1 is 0.816 bits per heavy atom. The van der Waals surface area contributed by atoms with Crippen LogP contribution in [0, 0.1) is 5.41 Å². The van der Waals surface area contributed by atoms with Crippen molar-refractivity contribution in [2.45, 2.75) is 30.3 Å². The second-order valence-electron chi connectivity index (χ2n) is 10.2. The first-order chi connectivity index (χ1) is 18.2. The molecule has 3 aromatic rings. The molecular weight excluding hydrogens is 515 g/mol. The first kappa shape index (κ1) is 23.7. The number of hydrogen-bond acceptors (Lipinski definition) is 6. The molecule has 7 rings (SSSR count). The molecule has 2 heterocycles. The third-order valence-electron chi connectivity index (χ3n) is 8.59. The van der Waals surface area contributed by atoms with Gasteiger partial charge in [0, 0.05) is 40.3 Å². The topological polar surface area (TPSA) is 63.7 Å². The molecule has 2 spiro atoms. The van der Waals surface area contributed by atoms with Crippen molar-refractivity contribution in [2.75, 3.05) is 11.6 Å². The Kier molecular flexibility index (Phi) is 4.86. The van der Waals surface area contributed by atoms with Gasteiger partial charge in [0.1, 0.15) is 5.75 Å². The monoisotopic (exact) mass is 535 g/mol. The van der Waals surface area contributed by atoms with Crippen molar-refractivity contribution in [3.63, 3.8) is 0 Å². The predicted octanol–water partition coefficient (Wildman–Crippen LogP) is 5.30. The number of benzene rings is 3. The Hall–Kier alpha value is -3.43. The van der Waals surface area contributed by atoms with Gasteiger partial charge in [-0.25, -0.2) is 0 Å². The van der Waals surface area contributed by atoms with E-state index in [1.807, 2.05) is 17.0 Å². The number of ketones is 3. The van der Waals surface area contributed by atoms with Crippen LogP contribution in [-0.4, -0.2) is 51.8 Å². The van der Waals surface area contributed by atoms with E-state index >= 15 is 0 Å². The predicted molar refractivity (Wildman–Crippen MR) is 134 cm³/mol. The minimum atomic E-state index is -4.84. The molecule has 0 N–H and O–H groups in total. The molecule has 2 fully saturated rings. The van der Waals surface area contributed by atoms with Gasteiger partial charge in [-0.1, -0.05) is 60.7 Å². The van der Waals surface area contributed by atoms with Gasteiger partial charge in [0.05, 0.1) is 5.41 Å². The number of thioether (sulfide) groups is 1. The van der Waals surface area contributed by atoms with E-state index in [9.17, 15) is 27.6 Å². The Balaban J connectivity index is 1.48. The van der Waals surface area contributed by atoms with Crippen LogP contribution in [0.1, 0.15) is 48.1 Å². The summed E-state index contributed by atoms with van der Waals surface area (Å²) in [6, 6.07) is 19.0. The maximum atomic E-state index is 14.6. The number of alkyl halides is 3. The first-order valence-corrected chi connectivity index (χ1v) is 13.4. The van der Waals surface area contributed by atoms with Gasteiger partial charge in [0.25, 0.3) is 0 Å². The number of ether oxygens (including phenoxy) is 1. The summed E-state index contributed by atoms with van der Waals surface area (Å²) in [7, 11) is 0. The molecule has 3 unspecified atom stereocenters. The van der Waals surface area contributed by atoms with E-state index in [4.69, 9.17) is 0 Å². The summed E-state index contributed by atoms with van der Waals surface area (Å²) in [5, 5.41) is 0. The van der Waals surface area contributed by atoms with Crippen molar-refractivity contribution in [1.29, 1.82) is 0 Å². The zero-order valence-corrected chi connectivity index (χ0v) is 20.6. The molecule has 0 saturated carbocycles. The third-order valence-corrected chi connectivity index (χ3v) is 9.63. The van der Waals surface area contributed by atoms with Gasteiger partial charge >= 0.3 is 6.36 Å². The van der Waals surface area contributed by atoms with Crippen LogP contribution in [0.25, 0.3) is 0 Å². The molecule has 192 valence electrons. The third kappa shape index (κ3) is 2.81. The fraction of sp³-hybridized carbons (Fsp3) is 0.276. The van der Waals surface area contributed by atoms with Crippen LogP contribution in [0.15, 0.2) is 72.8 Å². The highest BCUT2D eigenvalue weighted by Gasteiger charge is 2.81. The second kappa shape index (κ2) is 7.80.